The van der Waals surface area contributed by atoms with Crippen LogP contribution in [0.15, 0.2) is 47.3 Å². The average molecular weight is 366 g/mol. The van der Waals surface area contributed by atoms with E-state index < -0.39 is 11.8 Å². The largest absolute Gasteiger partial charge is 0.507 e. The van der Waals surface area contributed by atoms with E-state index in [0.29, 0.717) is 17.3 Å². The quantitative estimate of drug-likeness (QED) is 0.608. The van der Waals surface area contributed by atoms with Crippen LogP contribution in [-0.4, -0.2) is 26.7 Å². The first-order valence-corrected chi connectivity index (χ1v) is 8.32. The summed E-state index contributed by atoms with van der Waals surface area (Å²) in [7, 11) is 0. The Morgan fingerprint density at radius 1 is 1.07 bits per heavy atom. The summed E-state index contributed by atoms with van der Waals surface area (Å²) in [4.78, 5) is 37.1. The van der Waals surface area contributed by atoms with Crippen LogP contribution in [0.1, 0.15) is 33.3 Å². The zero-order valence-corrected chi connectivity index (χ0v) is 14.8. The number of hydrogen-bond donors (Lipinski definition) is 3. The lowest BCUT2D eigenvalue weighted by molar-refractivity contribution is 0.0842. The van der Waals surface area contributed by atoms with E-state index in [1.807, 2.05) is 0 Å². The van der Waals surface area contributed by atoms with Crippen LogP contribution in [0.25, 0.3) is 10.8 Å². The van der Waals surface area contributed by atoms with E-state index in [1.165, 1.54) is 16.8 Å². The molecule has 0 saturated carbocycles. The molecule has 1 aromatic heterocycles. The Kier molecular flexibility index (Phi) is 4.89. The maximum atomic E-state index is 12.5. The fraction of sp³-hybridized carbons (Fsp3) is 0.158. The predicted molar refractivity (Wildman–Crippen MR) is 99.5 cm³/mol. The number of aromatic nitrogens is 2. The number of aromatic hydroxyl groups is 1. The van der Waals surface area contributed by atoms with Crippen LogP contribution >= 0.6 is 0 Å². The molecule has 8 nitrogen and oxygen atoms in total. The summed E-state index contributed by atoms with van der Waals surface area (Å²) in [5.41, 5.74) is 5.07. The number of benzene rings is 2. The van der Waals surface area contributed by atoms with Gasteiger partial charge in [-0.1, -0.05) is 24.3 Å². The predicted octanol–water partition coefficient (Wildman–Crippen LogP) is 1.51. The number of carbonyl (C=O) groups excluding carboxylic acids is 2. The number of carbonyl (C=O) groups is 2. The van der Waals surface area contributed by atoms with Crippen LogP contribution in [0.5, 0.6) is 5.75 Å². The van der Waals surface area contributed by atoms with Crippen LogP contribution < -0.4 is 16.4 Å². The normalized spacial score (nSPS) is 10.6. The lowest BCUT2D eigenvalue weighted by atomic mass is 10.1. The van der Waals surface area contributed by atoms with Crippen molar-refractivity contribution in [2.45, 2.75) is 20.4 Å². The van der Waals surface area contributed by atoms with Gasteiger partial charge in [0, 0.05) is 11.9 Å². The number of rotatable bonds is 3. The summed E-state index contributed by atoms with van der Waals surface area (Å²) in [6, 6.07) is 11.2. The third-order valence-corrected chi connectivity index (χ3v) is 4.07. The first-order chi connectivity index (χ1) is 12.9. The molecule has 0 aliphatic heterocycles. The van der Waals surface area contributed by atoms with E-state index in [4.69, 9.17) is 0 Å². The van der Waals surface area contributed by atoms with Gasteiger partial charge in [0.2, 0.25) is 0 Å². The van der Waals surface area contributed by atoms with Crippen molar-refractivity contribution in [3.05, 3.63) is 69.6 Å². The Bertz CT molecular complexity index is 1100. The molecule has 3 aromatic rings. The second-order valence-electron chi connectivity index (χ2n) is 5.94. The lowest BCUT2D eigenvalue weighted by Gasteiger charge is -2.11. The van der Waals surface area contributed by atoms with E-state index in [9.17, 15) is 19.5 Å². The molecule has 0 radical (unpaired) electrons. The van der Waals surface area contributed by atoms with Gasteiger partial charge in [-0.2, -0.15) is 5.10 Å². The summed E-state index contributed by atoms with van der Waals surface area (Å²) < 4.78 is 1.19. The Balaban J connectivity index is 1.87. The van der Waals surface area contributed by atoms with Gasteiger partial charge >= 0.3 is 0 Å². The molecule has 0 bridgehead atoms. The van der Waals surface area contributed by atoms with E-state index in [1.54, 1.807) is 44.2 Å². The molecule has 8 heteroatoms. The third kappa shape index (κ3) is 3.50. The highest BCUT2D eigenvalue weighted by Gasteiger charge is 2.18. The van der Waals surface area contributed by atoms with Crippen LogP contribution in [0.4, 0.5) is 0 Å². The van der Waals surface area contributed by atoms with E-state index >= 15 is 0 Å². The van der Waals surface area contributed by atoms with Crippen LogP contribution in [0.2, 0.25) is 0 Å². The Morgan fingerprint density at radius 2 is 1.74 bits per heavy atom. The monoisotopic (exact) mass is 366 g/mol. The number of fused-ring (bicyclic) bond motifs is 1. The van der Waals surface area contributed by atoms with E-state index in [0.717, 1.165) is 5.56 Å². The van der Waals surface area contributed by atoms with E-state index in [2.05, 4.69) is 16.0 Å². The highest BCUT2D eigenvalue weighted by atomic mass is 16.3. The molecule has 0 aliphatic carbocycles. The van der Waals surface area contributed by atoms with Gasteiger partial charge in [0.15, 0.2) is 5.69 Å². The summed E-state index contributed by atoms with van der Waals surface area (Å²) in [5.74, 6) is -1.54. The fourth-order valence-electron chi connectivity index (χ4n) is 2.69. The molecule has 0 spiro atoms. The van der Waals surface area contributed by atoms with Crippen molar-refractivity contribution in [1.82, 2.24) is 20.6 Å². The zero-order valence-electron chi connectivity index (χ0n) is 14.8. The molecule has 0 unspecified atom stereocenters. The molecule has 0 fully saturated rings. The van der Waals surface area contributed by atoms with Gasteiger partial charge in [-0.15, -0.1) is 0 Å². The van der Waals surface area contributed by atoms with Gasteiger partial charge in [0.25, 0.3) is 17.4 Å². The topological polar surface area (TPSA) is 113 Å². The minimum absolute atomic E-state index is 0.0143. The first kappa shape index (κ1) is 18.1. The van der Waals surface area contributed by atoms with Crippen LogP contribution in [0, 0.1) is 6.92 Å². The molecule has 3 rings (SSSR count). The minimum Gasteiger partial charge on any atom is -0.507 e. The van der Waals surface area contributed by atoms with Gasteiger partial charge in [0.05, 0.1) is 10.9 Å². The molecule has 138 valence electrons. The number of aryl methyl sites for hydroxylation is 2. The number of nitrogens with zero attached hydrogens (tertiary/aromatic N) is 2. The van der Waals surface area contributed by atoms with Gasteiger partial charge in [-0.3, -0.25) is 25.2 Å². The lowest BCUT2D eigenvalue weighted by Crippen LogP contribution is -2.42. The maximum Gasteiger partial charge on any atom is 0.290 e. The SMILES string of the molecule is CCn1nc(C(=O)NNC(=O)c2ccc(C)cc2O)c2ccccc2c1=O. The van der Waals surface area contributed by atoms with E-state index in [-0.39, 0.29) is 22.6 Å². The molecule has 0 saturated heterocycles. The van der Waals surface area contributed by atoms with Gasteiger partial charge in [-0.05, 0) is 37.6 Å². The van der Waals surface area contributed by atoms with Crippen molar-refractivity contribution in [2.24, 2.45) is 0 Å². The molecule has 0 aliphatic rings. The second kappa shape index (κ2) is 7.28. The number of amides is 2. The summed E-state index contributed by atoms with van der Waals surface area (Å²) in [6.45, 7) is 3.82. The zero-order chi connectivity index (χ0) is 19.6. The molecule has 3 N–H and O–H groups in total. The standard InChI is InChI=1S/C19H18N4O4/c1-3-23-19(27)13-7-5-4-6-12(13)16(22-23)18(26)21-20-17(25)14-9-8-11(2)10-15(14)24/h4-10,24H,3H2,1-2H3,(H,20,25)(H,21,26). The van der Waals surface area contributed by atoms with Crippen molar-refractivity contribution in [3.8, 4) is 5.75 Å². The van der Waals surface area contributed by atoms with Crippen molar-refractivity contribution in [1.29, 1.82) is 0 Å². The Hall–Kier alpha value is -3.68. The maximum absolute atomic E-state index is 12.5. The van der Waals surface area contributed by atoms with Gasteiger partial charge < -0.3 is 5.11 Å². The number of hydrazine groups is 1. The molecule has 27 heavy (non-hydrogen) atoms. The van der Waals surface area contributed by atoms with Gasteiger partial charge in [0.1, 0.15) is 5.75 Å². The molecule has 1 heterocycles. The summed E-state index contributed by atoms with van der Waals surface area (Å²) in [6.07, 6.45) is 0. The van der Waals surface area contributed by atoms with Crippen LogP contribution in [-0.2, 0) is 6.54 Å². The van der Waals surface area contributed by atoms with Gasteiger partial charge in [-0.25, -0.2) is 4.68 Å². The molecule has 2 aromatic carbocycles. The number of phenols is 1. The highest BCUT2D eigenvalue weighted by Crippen LogP contribution is 2.18. The molecular formula is C19H18N4O4. The molecular weight excluding hydrogens is 348 g/mol. The van der Waals surface area contributed by atoms with Crippen molar-refractivity contribution in [3.63, 3.8) is 0 Å². The highest BCUT2D eigenvalue weighted by molar-refractivity contribution is 6.06. The average Bonchev–Trinajstić information content (AvgIpc) is 2.66. The Morgan fingerprint density at radius 3 is 2.41 bits per heavy atom. The third-order valence-electron chi connectivity index (χ3n) is 4.07. The van der Waals surface area contributed by atoms with Crippen molar-refractivity contribution >= 4 is 22.6 Å². The number of hydrogen-bond acceptors (Lipinski definition) is 5. The molecule has 2 amide bonds. The minimum atomic E-state index is -0.673. The summed E-state index contributed by atoms with van der Waals surface area (Å²) in [5, 5.41) is 14.7. The van der Waals surface area contributed by atoms with Crippen molar-refractivity contribution in [2.75, 3.05) is 0 Å². The first-order valence-electron chi connectivity index (χ1n) is 8.32. The smallest absolute Gasteiger partial charge is 0.290 e. The fourth-order valence-corrected chi connectivity index (χ4v) is 2.69. The van der Waals surface area contributed by atoms with Crippen molar-refractivity contribution < 1.29 is 14.7 Å². The number of nitrogens with one attached hydrogen (secondary N) is 2. The second-order valence-corrected chi connectivity index (χ2v) is 5.94. The Labute approximate surface area is 154 Å². The van der Waals surface area contributed by atoms with Crippen LogP contribution in [0.3, 0.4) is 0 Å². The number of phenolic OH excluding ortho intramolecular Hbond substituents is 1. The molecule has 0 atom stereocenters. The summed E-state index contributed by atoms with van der Waals surface area (Å²) >= 11 is 0.